The molecular formula is C17H9ClF3N5OS. The number of rotatable bonds is 4. The minimum Gasteiger partial charge on any atom is -0.461 e. The number of hydrogen-bond donors (Lipinski definition) is 0. The van der Waals surface area contributed by atoms with E-state index in [0.29, 0.717) is 27.5 Å². The second kappa shape index (κ2) is 7.28. The second-order valence-electron chi connectivity index (χ2n) is 5.45. The van der Waals surface area contributed by atoms with Crippen LogP contribution in [0.1, 0.15) is 5.69 Å². The molecule has 11 heteroatoms. The molecular weight excluding hydrogens is 415 g/mol. The number of benzene rings is 1. The molecule has 0 saturated heterocycles. The van der Waals surface area contributed by atoms with E-state index in [9.17, 15) is 13.2 Å². The monoisotopic (exact) mass is 423 g/mol. The zero-order valence-electron chi connectivity index (χ0n) is 13.8. The van der Waals surface area contributed by atoms with Crippen LogP contribution in [-0.2, 0) is 6.18 Å². The lowest BCUT2D eigenvalue weighted by Gasteiger charge is -2.09. The first-order chi connectivity index (χ1) is 13.4. The minimum absolute atomic E-state index is 0.238. The molecule has 0 aliphatic heterocycles. The largest absolute Gasteiger partial charge is 0.461 e. The number of furan rings is 1. The predicted octanol–water partition coefficient (Wildman–Crippen LogP) is 5.14. The Balaban J connectivity index is 1.74. The van der Waals surface area contributed by atoms with E-state index in [1.807, 2.05) is 0 Å². The number of aromatic nitrogens is 5. The Bertz CT molecular complexity index is 1080. The summed E-state index contributed by atoms with van der Waals surface area (Å²) in [5.74, 6) is 0.905. The summed E-state index contributed by atoms with van der Waals surface area (Å²) in [5, 5.41) is 16.3. The molecule has 0 spiro atoms. The molecule has 0 unspecified atom stereocenters. The second-order valence-corrected chi connectivity index (χ2v) is 6.88. The lowest BCUT2D eigenvalue weighted by atomic mass is 10.3. The van der Waals surface area contributed by atoms with E-state index in [1.165, 1.54) is 12.3 Å². The van der Waals surface area contributed by atoms with Gasteiger partial charge in [-0.3, -0.25) is 4.57 Å². The summed E-state index contributed by atoms with van der Waals surface area (Å²) >= 11 is 6.98. The summed E-state index contributed by atoms with van der Waals surface area (Å²) in [4.78, 5) is 0. The van der Waals surface area contributed by atoms with Crippen LogP contribution in [0.2, 0.25) is 5.02 Å². The summed E-state index contributed by atoms with van der Waals surface area (Å²) in [6, 6.07) is 12.5. The molecule has 0 aliphatic carbocycles. The zero-order valence-corrected chi connectivity index (χ0v) is 15.3. The van der Waals surface area contributed by atoms with Gasteiger partial charge < -0.3 is 4.42 Å². The van der Waals surface area contributed by atoms with Gasteiger partial charge in [-0.2, -0.15) is 13.2 Å². The van der Waals surface area contributed by atoms with Gasteiger partial charge in [0.05, 0.1) is 6.26 Å². The van der Waals surface area contributed by atoms with E-state index < -0.39 is 11.9 Å². The molecule has 1 aromatic carbocycles. The van der Waals surface area contributed by atoms with Gasteiger partial charge in [-0.05, 0) is 60.3 Å². The molecule has 0 N–H and O–H groups in total. The fourth-order valence-corrected chi connectivity index (χ4v) is 3.24. The van der Waals surface area contributed by atoms with Gasteiger partial charge >= 0.3 is 6.18 Å². The van der Waals surface area contributed by atoms with Crippen molar-refractivity contribution in [3.8, 4) is 17.3 Å². The van der Waals surface area contributed by atoms with Crippen LogP contribution in [0.25, 0.3) is 17.3 Å². The normalized spacial score (nSPS) is 11.7. The fraction of sp³-hybridized carbons (Fsp3) is 0.0588. The molecule has 0 aliphatic rings. The van der Waals surface area contributed by atoms with Gasteiger partial charge in [0, 0.05) is 10.7 Å². The van der Waals surface area contributed by atoms with Crippen molar-refractivity contribution in [3.05, 3.63) is 65.5 Å². The zero-order chi connectivity index (χ0) is 19.7. The van der Waals surface area contributed by atoms with Gasteiger partial charge in [-0.1, -0.05) is 11.6 Å². The van der Waals surface area contributed by atoms with Gasteiger partial charge in [0.25, 0.3) is 0 Å². The van der Waals surface area contributed by atoms with E-state index in [2.05, 4.69) is 20.4 Å². The Morgan fingerprint density at radius 3 is 2.32 bits per heavy atom. The van der Waals surface area contributed by atoms with Crippen molar-refractivity contribution in [1.29, 1.82) is 0 Å². The Morgan fingerprint density at radius 2 is 1.71 bits per heavy atom. The van der Waals surface area contributed by atoms with Crippen molar-refractivity contribution in [2.45, 2.75) is 16.4 Å². The van der Waals surface area contributed by atoms with Crippen molar-refractivity contribution in [2.24, 2.45) is 0 Å². The van der Waals surface area contributed by atoms with Gasteiger partial charge in [-0.15, -0.1) is 20.4 Å². The van der Waals surface area contributed by atoms with E-state index in [-0.39, 0.29) is 5.03 Å². The van der Waals surface area contributed by atoms with E-state index >= 15 is 0 Å². The van der Waals surface area contributed by atoms with Crippen LogP contribution in [-0.4, -0.2) is 25.0 Å². The summed E-state index contributed by atoms with van der Waals surface area (Å²) in [5.41, 5.74) is -0.365. The van der Waals surface area contributed by atoms with Crippen molar-refractivity contribution < 1.29 is 17.6 Å². The summed E-state index contributed by atoms with van der Waals surface area (Å²) in [7, 11) is 0. The first-order valence-corrected chi connectivity index (χ1v) is 8.95. The average Bonchev–Trinajstić information content (AvgIpc) is 3.32. The molecule has 0 bridgehead atoms. The molecule has 4 aromatic rings. The Hall–Kier alpha value is -2.85. The number of halogens is 4. The van der Waals surface area contributed by atoms with Gasteiger partial charge in [0.1, 0.15) is 5.03 Å². The third-order valence-corrected chi connectivity index (χ3v) is 4.71. The lowest BCUT2D eigenvalue weighted by Crippen LogP contribution is -2.08. The van der Waals surface area contributed by atoms with Gasteiger partial charge in [0.15, 0.2) is 11.5 Å². The van der Waals surface area contributed by atoms with Crippen LogP contribution in [0, 0.1) is 0 Å². The summed E-state index contributed by atoms with van der Waals surface area (Å²) in [6.07, 6.45) is -3.05. The van der Waals surface area contributed by atoms with Gasteiger partial charge in [0.2, 0.25) is 11.0 Å². The van der Waals surface area contributed by atoms with Crippen LogP contribution in [0.4, 0.5) is 13.2 Å². The van der Waals surface area contributed by atoms with Crippen molar-refractivity contribution >= 4 is 23.4 Å². The Kier molecular flexibility index (Phi) is 4.82. The maximum Gasteiger partial charge on any atom is 0.435 e. The van der Waals surface area contributed by atoms with Crippen LogP contribution in [0.15, 0.2) is 69.4 Å². The highest BCUT2D eigenvalue weighted by Crippen LogP contribution is 2.33. The molecule has 0 radical (unpaired) electrons. The molecule has 28 heavy (non-hydrogen) atoms. The number of alkyl halides is 3. The van der Waals surface area contributed by atoms with Crippen LogP contribution >= 0.6 is 23.4 Å². The number of hydrogen-bond acceptors (Lipinski definition) is 6. The fourth-order valence-electron chi connectivity index (χ4n) is 2.34. The molecule has 0 amide bonds. The minimum atomic E-state index is -4.55. The molecule has 0 saturated carbocycles. The molecule has 142 valence electrons. The van der Waals surface area contributed by atoms with Crippen molar-refractivity contribution in [2.75, 3.05) is 0 Å². The summed E-state index contributed by atoms with van der Waals surface area (Å²) < 4.78 is 45.1. The maximum absolute atomic E-state index is 12.7. The van der Waals surface area contributed by atoms with Crippen molar-refractivity contribution in [3.63, 3.8) is 0 Å². The highest BCUT2D eigenvalue weighted by molar-refractivity contribution is 7.99. The third-order valence-electron chi connectivity index (χ3n) is 3.59. The quantitative estimate of drug-likeness (QED) is 0.452. The SMILES string of the molecule is FC(F)(F)c1ccc(Sc2nnc(-c3ccco3)n2-c2ccc(Cl)cc2)nn1. The Labute approximate surface area is 165 Å². The lowest BCUT2D eigenvalue weighted by molar-refractivity contribution is -0.141. The van der Waals surface area contributed by atoms with Crippen molar-refractivity contribution in [1.82, 2.24) is 25.0 Å². The molecule has 0 fully saturated rings. The van der Waals surface area contributed by atoms with Gasteiger partial charge in [-0.25, -0.2) is 0 Å². The highest BCUT2D eigenvalue weighted by Gasteiger charge is 2.33. The van der Waals surface area contributed by atoms with Crippen LogP contribution < -0.4 is 0 Å². The highest BCUT2D eigenvalue weighted by atomic mass is 35.5. The molecule has 4 rings (SSSR count). The van der Waals surface area contributed by atoms with Crippen LogP contribution in [0.5, 0.6) is 0 Å². The standard InChI is InChI=1S/C17H9ClF3N5OS/c18-10-3-5-11(6-4-10)26-15(12-2-1-9-27-12)24-25-16(26)28-14-8-7-13(22-23-14)17(19,20)21/h1-9H. The van der Waals surface area contributed by atoms with Crippen LogP contribution in [0.3, 0.4) is 0 Å². The topological polar surface area (TPSA) is 69.6 Å². The Morgan fingerprint density at radius 1 is 0.929 bits per heavy atom. The molecule has 3 heterocycles. The van der Waals surface area contributed by atoms with E-state index in [0.717, 1.165) is 17.8 Å². The first-order valence-electron chi connectivity index (χ1n) is 7.76. The molecule has 6 nitrogen and oxygen atoms in total. The van der Waals surface area contributed by atoms with E-state index in [4.69, 9.17) is 16.0 Å². The number of nitrogens with zero attached hydrogens (tertiary/aromatic N) is 5. The average molecular weight is 424 g/mol. The molecule has 3 aromatic heterocycles. The third kappa shape index (κ3) is 3.73. The smallest absolute Gasteiger partial charge is 0.435 e. The maximum atomic E-state index is 12.7. The molecule has 0 atom stereocenters. The summed E-state index contributed by atoms with van der Waals surface area (Å²) in [6.45, 7) is 0. The first kappa shape index (κ1) is 18.5. The predicted molar refractivity (Wildman–Crippen MR) is 95.2 cm³/mol. The van der Waals surface area contributed by atoms with E-state index in [1.54, 1.807) is 41.0 Å².